The number of nitrogens with two attached hydrogens (primary N) is 1. The smallest absolute Gasteiger partial charge is 0.240 e. The molecule has 1 aromatic rings. The summed E-state index contributed by atoms with van der Waals surface area (Å²) in [6.45, 7) is 7.07. The van der Waals surface area contributed by atoms with Gasteiger partial charge in [-0.1, -0.05) is 13.8 Å². The first-order valence-electron chi connectivity index (χ1n) is 7.46. The van der Waals surface area contributed by atoms with E-state index in [0.717, 1.165) is 6.26 Å². The zero-order valence-corrected chi connectivity index (χ0v) is 17.2. The van der Waals surface area contributed by atoms with Gasteiger partial charge in [-0.3, -0.25) is 0 Å². The molecule has 140 valence electrons. The molecule has 0 unspecified atom stereocenters. The molecule has 24 heavy (non-hydrogen) atoms. The number of sulfone groups is 1. The topological polar surface area (TPSA) is 106 Å². The van der Waals surface area contributed by atoms with Crippen molar-refractivity contribution < 1.29 is 16.8 Å². The van der Waals surface area contributed by atoms with Crippen LogP contribution in [-0.4, -0.2) is 35.2 Å². The van der Waals surface area contributed by atoms with Crippen LogP contribution in [0, 0.1) is 13.8 Å². The quantitative estimate of drug-likeness (QED) is 0.729. The van der Waals surface area contributed by atoms with Gasteiger partial charge in [-0.05, 0) is 49.9 Å². The number of sulfonamides is 1. The molecule has 0 aromatic heterocycles. The van der Waals surface area contributed by atoms with Crippen LogP contribution in [0.2, 0.25) is 0 Å². The minimum absolute atomic E-state index is 0. The Kier molecular flexibility index (Phi) is 7.91. The second-order valence-corrected chi connectivity index (χ2v) is 9.77. The Balaban J connectivity index is 0.00000529. The summed E-state index contributed by atoms with van der Waals surface area (Å²) in [6.07, 6.45) is 2.33. The Morgan fingerprint density at radius 3 is 1.92 bits per heavy atom. The van der Waals surface area contributed by atoms with Crippen molar-refractivity contribution in [1.82, 2.24) is 4.72 Å². The van der Waals surface area contributed by atoms with Crippen molar-refractivity contribution in [3.05, 3.63) is 23.3 Å². The summed E-state index contributed by atoms with van der Waals surface area (Å²) in [4.78, 5) is 0.00958. The van der Waals surface area contributed by atoms with Gasteiger partial charge < -0.3 is 5.73 Å². The van der Waals surface area contributed by atoms with E-state index >= 15 is 0 Å². The molecule has 1 rings (SSSR count). The Morgan fingerprint density at radius 2 is 1.50 bits per heavy atom. The minimum Gasteiger partial charge on any atom is -0.324 e. The highest BCUT2D eigenvalue weighted by molar-refractivity contribution is 7.91. The second-order valence-electron chi connectivity index (χ2n) is 6.05. The Bertz CT molecular complexity index is 786. The molecule has 9 heteroatoms. The van der Waals surface area contributed by atoms with E-state index in [0.29, 0.717) is 18.4 Å². The number of aryl methyl sites for hydroxylation is 1. The molecule has 0 saturated carbocycles. The molecule has 0 bridgehead atoms. The van der Waals surface area contributed by atoms with Gasteiger partial charge in [-0.2, -0.15) is 0 Å². The summed E-state index contributed by atoms with van der Waals surface area (Å²) in [5.41, 5.74) is 6.30. The van der Waals surface area contributed by atoms with E-state index in [2.05, 4.69) is 4.72 Å². The molecule has 0 aliphatic carbocycles. The van der Waals surface area contributed by atoms with Gasteiger partial charge in [0, 0.05) is 18.3 Å². The summed E-state index contributed by atoms with van der Waals surface area (Å²) >= 11 is 0. The summed E-state index contributed by atoms with van der Waals surface area (Å²) in [5.74, 6) is 0. The molecule has 0 spiro atoms. The molecule has 0 aliphatic heterocycles. The highest BCUT2D eigenvalue weighted by atomic mass is 35.5. The molecule has 0 atom stereocenters. The summed E-state index contributed by atoms with van der Waals surface area (Å²) < 4.78 is 51.4. The maximum absolute atomic E-state index is 12.6. The van der Waals surface area contributed by atoms with E-state index in [1.54, 1.807) is 6.92 Å². The lowest BCUT2D eigenvalue weighted by molar-refractivity contribution is 0.391. The van der Waals surface area contributed by atoms with Crippen molar-refractivity contribution in [2.45, 2.75) is 55.9 Å². The molecule has 0 saturated heterocycles. The number of halogens is 1. The van der Waals surface area contributed by atoms with Gasteiger partial charge in [0.05, 0.1) is 9.79 Å². The van der Waals surface area contributed by atoms with E-state index in [1.807, 2.05) is 13.8 Å². The van der Waals surface area contributed by atoms with Gasteiger partial charge in [0.25, 0.3) is 0 Å². The average Bonchev–Trinajstić information content (AvgIpc) is 2.45. The van der Waals surface area contributed by atoms with E-state index < -0.39 is 25.4 Å². The van der Waals surface area contributed by atoms with Gasteiger partial charge >= 0.3 is 0 Å². The van der Waals surface area contributed by atoms with Crippen molar-refractivity contribution in [1.29, 1.82) is 0 Å². The van der Waals surface area contributed by atoms with Crippen molar-refractivity contribution in [2.75, 3.05) is 12.8 Å². The summed E-state index contributed by atoms with van der Waals surface area (Å²) in [6, 6.07) is 2.96. The third-order valence-corrected chi connectivity index (χ3v) is 6.92. The second kappa shape index (κ2) is 8.14. The molecule has 0 amide bonds. The molecule has 0 aliphatic rings. The van der Waals surface area contributed by atoms with Crippen molar-refractivity contribution in [3.8, 4) is 0 Å². The molecule has 6 nitrogen and oxygen atoms in total. The van der Waals surface area contributed by atoms with E-state index in [1.165, 1.54) is 19.1 Å². The summed E-state index contributed by atoms with van der Waals surface area (Å²) in [7, 11) is -7.35. The maximum Gasteiger partial charge on any atom is 0.240 e. The monoisotopic (exact) mass is 398 g/mol. The predicted octanol–water partition coefficient (Wildman–Crippen LogP) is 1.92. The largest absolute Gasteiger partial charge is 0.324 e. The third kappa shape index (κ3) is 5.42. The van der Waals surface area contributed by atoms with Crippen LogP contribution in [-0.2, 0) is 19.9 Å². The normalized spacial score (nSPS) is 12.8. The first kappa shape index (κ1) is 23.3. The van der Waals surface area contributed by atoms with Crippen molar-refractivity contribution in [3.63, 3.8) is 0 Å². The molecule has 3 N–H and O–H groups in total. The van der Waals surface area contributed by atoms with Crippen LogP contribution in [0.5, 0.6) is 0 Å². The van der Waals surface area contributed by atoms with Crippen molar-refractivity contribution >= 4 is 32.3 Å². The molecule has 1 aromatic carbocycles. The maximum atomic E-state index is 12.6. The van der Waals surface area contributed by atoms with Crippen LogP contribution >= 0.6 is 12.4 Å². The average molecular weight is 399 g/mol. The zero-order valence-electron chi connectivity index (χ0n) is 14.7. The highest BCUT2D eigenvalue weighted by Crippen LogP contribution is 2.25. The number of nitrogens with one attached hydrogen (secondary N) is 1. The molecular formula is C15H27ClN2O4S2. The van der Waals surface area contributed by atoms with Crippen LogP contribution in [0.15, 0.2) is 21.9 Å². The first-order chi connectivity index (χ1) is 10.4. The zero-order chi connectivity index (χ0) is 18.1. The van der Waals surface area contributed by atoms with Crippen LogP contribution in [0.4, 0.5) is 0 Å². The SMILES string of the molecule is CCC(N)(CC)CNS(=O)(=O)c1cc(C)cc(S(C)(=O)=O)c1C.Cl. The van der Waals surface area contributed by atoms with E-state index in [-0.39, 0.29) is 34.3 Å². The minimum atomic E-state index is -3.84. The first-order valence-corrected chi connectivity index (χ1v) is 10.8. The fourth-order valence-corrected chi connectivity index (χ4v) is 4.89. The number of benzene rings is 1. The Labute approximate surface area is 151 Å². The van der Waals surface area contributed by atoms with Crippen LogP contribution in [0.25, 0.3) is 0 Å². The van der Waals surface area contributed by atoms with Crippen molar-refractivity contribution in [2.24, 2.45) is 5.73 Å². The van der Waals surface area contributed by atoms with Gasteiger partial charge in [-0.15, -0.1) is 12.4 Å². The lowest BCUT2D eigenvalue weighted by Gasteiger charge is -2.27. The Morgan fingerprint density at radius 1 is 1.04 bits per heavy atom. The Hall–Kier alpha value is -0.670. The fourth-order valence-electron chi connectivity index (χ4n) is 2.27. The van der Waals surface area contributed by atoms with Gasteiger partial charge in [0.1, 0.15) is 0 Å². The van der Waals surface area contributed by atoms with Gasteiger partial charge in [0.15, 0.2) is 9.84 Å². The lowest BCUT2D eigenvalue weighted by atomic mass is 9.95. The summed E-state index contributed by atoms with van der Waals surface area (Å²) in [5, 5.41) is 0. The van der Waals surface area contributed by atoms with E-state index in [4.69, 9.17) is 5.73 Å². The molecule has 0 radical (unpaired) electrons. The molecule has 0 fully saturated rings. The number of hydrogen-bond donors (Lipinski definition) is 2. The lowest BCUT2D eigenvalue weighted by Crippen LogP contribution is -2.49. The standard InChI is InChI=1S/C15H26N2O4S2.ClH/c1-6-15(16,7-2)10-17-23(20,21)14-9-11(3)8-13(12(14)4)22(5,18)19;/h8-9,17H,6-7,10,16H2,1-5H3;1H. The van der Waals surface area contributed by atoms with E-state index in [9.17, 15) is 16.8 Å². The third-order valence-electron chi connectivity index (χ3n) is 4.17. The van der Waals surface area contributed by atoms with Crippen LogP contribution < -0.4 is 10.5 Å². The number of hydrogen-bond acceptors (Lipinski definition) is 5. The van der Waals surface area contributed by atoms with Crippen LogP contribution in [0.3, 0.4) is 0 Å². The molecular weight excluding hydrogens is 372 g/mol. The van der Waals surface area contributed by atoms with Gasteiger partial charge in [0.2, 0.25) is 10.0 Å². The van der Waals surface area contributed by atoms with Crippen LogP contribution in [0.1, 0.15) is 37.8 Å². The fraction of sp³-hybridized carbons (Fsp3) is 0.600. The predicted molar refractivity (Wildman–Crippen MR) is 99.0 cm³/mol. The molecule has 0 heterocycles. The highest BCUT2D eigenvalue weighted by Gasteiger charge is 2.27. The number of rotatable bonds is 7. The van der Waals surface area contributed by atoms with Gasteiger partial charge in [-0.25, -0.2) is 21.6 Å².